The molecule has 4 aromatic heterocycles. The fourth-order valence-corrected chi connectivity index (χ4v) is 11.7. The van der Waals surface area contributed by atoms with Gasteiger partial charge in [0.2, 0.25) is 0 Å². The van der Waals surface area contributed by atoms with E-state index in [-0.39, 0.29) is 0 Å². The van der Waals surface area contributed by atoms with E-state index in [4.69, 9.17) is 8.83 Å². The number of nitriles is 2. The summed E-state index contributed by atoms with van der Waals surface area (Å²) in [6, 6.07) is 88.0. The van der Waals surface area contributed by atoms with Crippen LogP contribution in [0.3, 0.4) is 0 Å². The van der Waals surface area contributed by atoms with E-state index in [1.54, 1.807) is 0 Å². The van der Waals surface area contributed by atoms with Crippen molar-refractivity contribution in [3.63, 3.8) is 0 Å². The van der Waals surface area contributed by atoms with Gasteiger partial charge in [-0.05, 0) is 133 Å². The molecule has 0 atom stereocenters. The van der Waals surface area contributed by atoms with Crippen molar-refractivity contribution in [1.29, 1.82) is 10.5 Å². The van der Waals surface area contributed by atoms with E-state index in [2.05, 4.69) is 201 Å². The lowest BCUT2D eigenvalue weighted by Crippen LogP contribution is -2.09. The zero-order valence-electron chi connectivity index (χ0n) is 40.6. The van der Waals surface area contributed by atoms with Crippen molar-refractivity contribution >= 4 is 122 Å². The maximum atomic E-state index is 11.4. The van der Waals surface area contributed by atoms with E-state index in [1.807, 2.05) is 72.8 Å². The van der Waals surface area contributed by atoms with E-state index in [0.29, 0.717) is 22.5 Å². The molecule has 8 nitrogen and oxygen atoms in total. The molecule has 0 radical (unpaired) electrons. The number of anilines is 6. The summed E-state index contributed by atoms with van der Waals surface area (Å²) in [6.07, 6.45) is 0. The van der Waals surface area contributed by atoms with Crippen LogP contribution < -0.4 is 9.80 Å². The summed E-state index contributed by atoms with van der Waals surface area (Å²) in [7, 11) is 0. The van der Waals surface area contributed by atoms with Gasteiger partial charge < -0.3 is 27.8 Å². The molecule has 354 valence electrons. The Kier molecular flexibility index (Phi) is 9.52. The number of hydrogen-bond donors (Lipinski definition) is 0. The smallest absolute Gasteiger partial charge is 0.145 e. The number of hydrogen-bond acceptors (Lipinski definition) is 6. The van der Waals surface area contributed by atoms with Gasteiger partial charge in [0.25, 0.3) is 0 Å². The highest BCUT2D eigenvalue weighted by atomic mass is 16.3. The van der Waals surface area contributed by atoms with Gasteiger partial charge in [0.05, 0.1) is 55.3 Å². The average Bonchev–Trinajstić information content (AvgIpc) is 4.30. The van der Waals surface area contributed by atoms with Gasteiger partial charge >= 0.3 is 0 Å². The quantitative estimate of drug-likeness (QED) is 0.151. The fourth-order valence-electron chi connectivity index (χ4n) is 11.7. The van der Waals surface area contributed by atoms with Crippen molar-refractivity contribution in [2.75, 3.05) is 9.80 Å². The minimum Gasteiger partial charge on any atom is -0.455 e. The highest BCUT2D eigenvalue weighted by Gasteiger charge is 2.27. The second-order valence-corrected chi connectivity index (χ2v) is 19.1. The lowest BCUT2D eigenvalue weighted by atomic mass is 10.1. The number of aromatic nitrogens is 2. The van der Waals surface area contributed by atoms with Crippen molar-refractivity contribution in [1.82, 2.24) is 9.13 Å². The first-order valence-corrected chi connectivity index (χ1v) is 25.2. The van der Waals surface area contributed by atoms with Crippen molar-refractivity contribution in [3.8, 4) is 23.5 Å². The van der Waals surface area contributed by atoms with Gasteiger partial charge in [-0.25, -0.2) is 0 Å². The van der Waals surface area contributed by atoms with Gasteiger partial charge in [0.1, 0.15) is 34.5 Å². The third kappa shape index (κ3) is 6.42. The molecule has 15 aromatic rings. The molecule has 76 heavy (non-hydrogen) atoms. The molecule has 11 aromatic carbocycles. The molecule has 0 aliphatic heterocycles. The zero-order chi connectivity index (χ0) is 50.4. The molecule has 0 unspecified atom stereocenters. The Morgan fingerprint density at radius 1 is 0.303 bits per heavy atom. The first-order valence-electron chi connectivity index (χ1n) is 25.2. The van der Waals surface area contributed by atoms with Crippen LogP contribution >= 0.6 is 0 Å². The number of furan rings is 2. The van der Waals surface area contributed by atoms with Crippen LogP contribution in [-0.2, 0) is 0 Å². The summed E-state index contributed by atoms with van der Waals surface area (Å²) in [6.45, 7) is 0. The summed E-state index contributed by atoms with van der Waals surface area (Å²) in [4.78, 5) is 4.50. The molecule has 0 aliphatic rings. The molecule has 0 saturated carbocycles. The predicted molar refractivity (Wildman–Crippen MR) is 308 cm³/mol. The number of fused-ring (bicyclic) bond motifs is 14. The maximum Gasteiger partial charge on any atom is 0.145 e. The lowest BCUT2D eigenvalue weighted by molar-refractivity contribution is 0.672. The highest BCUT2D eigenvalue weighted by Crippen LogP contribution is 2.47. The summed E-state index contributed by atoms with van der Waals surface area (Å²) in [5.41, 5.74) is 14.4. The fraction of sp³-hybridized carbons (Fsp3) is 0. The highest BCUT2D eigenvalue weighted by molar-refractivity contribution is 6.26. The molecular formula is C68H40N6O2. The van der Waals surface area contributed by atoms with Crippen molar-refractivity contribution in [3.05, 3.63) is 254 Å². The van der Waals surface area contributed by atoms with Gasteiger partial charge in [-0.15, -0.1) is 0 Å². The van der Waals surface area contributed by atoms with Crippen LogP contribution in [0, 0.1) is 22.7 Å². The van der Waals surface area contributed by atoms with Crippen molar-refractivity contribution < 1.29 is 8.83 Å². The van der Waals surface area contributed by atoms with Crippen LogP contribution in [0.4, 0.5) is 34.1 Å². The molecule has 4 heterocycles. The molecule has 8 heteroatoms. The Morgan fingerprint density at radius 3 is 1.01 bits per heavy atom. The summed E-state index contributed by atoms with van der Waals surface area (Å²) >= 11 is 0. The first kappa shape index (κ1) is 42.8. The van der Waals surface area contributed by atoms with E-state index in [0.717, 1.165) is 122 Å². The summed E-state index contributed by atoms with van der Waals surface area (Å²) < 4.78 is 17.9. The first-order chi connectivity index (χ1) is 37.6. The van der Waals surface area contributed by atoms with Crippen LogP contribution in [-0.4, -0.2) is 9.13 Å². The Balaban J connectivity index is 0.991. The lowest BCUT2D eigenvalue weighted by Gasteiger charge is -2.25. The van der Waals surface area contributed by atoms with Gasteiger partial charge in [-0.1, -0.05) is 109 Å². The Hall–Kier alpha value is -10.8. The summed E-state index contributed by atoms with van der Waals surface area (Å²) in [5, 5.41) is 30.6. The zero-order valence-corrected chi connectivity index (χ0v) is 40.6. The van der Waals surface area contributed by atoms with Crippen molar-refractivity contribution in [2.24, 2.45) is 0 Å². The maximum absolute atomic E-state index is 11.4. The molecule has 0 bridgehead atoms. The second kappa shape index (κ2) is 16.9. The largest absolute Gasteiger partial charge is 0.455 e. The number of benzene rings is 11. The molecule has 0 spiro atoms. The van der Waals surface area contributed by atoms with Crippen LogP contribution in [0.25, 0.3) is 98.9 Å². The standard InChI is InChI=1S/C68H40N6O2/c69-41-43-38-62(74-58-34-30-50(72(47-21-9-3-10-22-47)48-23-11-4-12-24-48)40-56(58)66-60(74)36-32-54-52-26-14-16-28-64(52)76-68(54)66)44(42-70)37-61(43)73-57-33-29-49(71(45-17-5-1-6-18-45)46-19-7-2-8-20-46)39-55(57)65-59(73)35-31-53-51-25-13-15-27-63(51)75-67(53)65/h1-40H. The molecule has 0 N–H and O–H groups in total. The minimum absolute atomic E-state index is 0.396. The van der Waals surface area contributed by atoms with Crippen LogP contribution in [0.2, 0.25) is 0 Å². The Labute approximate surface area is 435 Å². The number of rotatable bonds is 8. The SMILES string of the molecule is N#Cc1cc(-n2c3ccc(N(c4ccccc4)c4ccccc4)cc3c3c4oc5ccccc5c4ccc32)c(C#N)cc1-n1c2ccc(N(c3ccccc3)c3ccccc3)cc2c2c3oc4ccccc4c3ccc21. The van der Waals surface area contributed by atoms with Gasteiger partial charge in [-0.2, -0.15) is 10.5 Å². The predicted octanol–water partition coefficient (Wildman–Crippen LogP) is 18.4. The van der Waals surface area contributed by atoms with Gasteiger partial charge in [0, 0.05) is 66.4 Å². The molecule has 0 aliphatic carbocycles. The second-order valence-electron chi connectivity index (χ2n) is 19.1. The number of para-hydroxylation sites is 6. The van der Waals surface area contributed by atoms with Crippen LogP contribution in [0.15, 0.2) is 251 Å². The molecule has 0 saturated heterocycles. The molecule has 0 amide bonds. The molecular weight excluding hydrogens is 933 g/mol. The minimum atomic E-state index is 0.396. The van der Waals surface area contributed by atoms with Crippen LogP contribution in [0.1, 0.15) is 11.1 Å². The van der Waals surface area contributed by atoms with E-state index in [9.17, 15) is 10.5 Å². The van der Waals surface area contributed by atoms with E-state index in [1.165, 1.54) is 0 Å². The van der Waals surface area contributed by atoms with Crippen LogP contribution in [0.5, 0.6) is 0 Å². The van der Waals surface area contributed by atoms with E-state index < -0.39 is 0 Å². The third-order valence-electron chi connectivity index (χ3n) is 14.9. The van der Waals surface area contributed by atoms with Gasteiger partial charge in [0.15, 0.2) is 0 Å². The Morgan fingerprint density at radius 2 is 0.645 bits per heavy atom. The normalized spacial score (nSPS) is 11.7. The van der Waals surface area contributed by atoms with Gasteiger partial charge in [-0.3, -0.25) is 0 Å². The summed E-state index contributed by atoms with van der Waals surface area (Å²) in [5.74, 6) is 0. The number of nitrogens with zero attached hydrogens (tertiary/aromatic N) is 6. The molecule has 0 fully saturated rings. The third-order valence-corrected chi connectivity index (χ3v) is 14.9. The Bertz CT molecular complexity index is 4510. The topological polar surface area (TPSA) is 90.2 Å². The monoisotopic (exact) mass is 972 g/mol. The van der Waals surface area contributed by atoms with E-state index >= 15 is 0 Å². The molecule has 15 rings (SSSR count). The van der Waals surface area contributed by atoms with Crippen molar-refractivity contribution in [2.45, 2.75) is 0 Å². The average molecular weight is 973 g/mol.